The zero-order valence-electron chi connectivity index (χ0n) is 12.4. The first-order valence-electron chi connectivity index (χ1n) is 7.19. The Morgan fingerprint density at radius 2 is 1.90 bits per heavy atom. The van der Waals surface area contributed by atoms with E-state index in [-0.39, 0.29) is 18.3 Å². The first-order chi connectivity index (χ1) is 9.07. The molecule has 0 saturated heterocycles. The van der Waals surface area contributed by atoms with Gasteiger partial charge in [0.2, 0.25) is 5.91 Å². The maximum absolute atomic E-state index is 12.6. The molecular formula is C16H25ClN2O. The van der Waals surface area contributed by atoms with Gasteiger partial charge in [-0.05, 0) is 37.8 Å². The van der Waals surface area contributed by atoms with Crippen LogP contribution >= 0.6 is 12.4 Å². The summed E-state index contributed by atoms with van der Waals surface area (Å²) in [7, 11) is 0. The quantitative estimate of drug-likeness (QED) is 0.928. The molecule has 4 heteroatoms. The number of carbonyl (C=O) groups is 1. The molecule has 1 saturated carbocycles. The Kier molecular flexibility index (Phi) is 6.03. The standard InChI is InChI=1S/C16H24N2O.ClH/c1-3-18(12-14-9-5-4-8-13(14)2)15(19)16(17)10-6-7-11-16;/h4-5,8-9H,3,6-7,10-12,17H2,1-2H3;1H. The predicted molar refractivity (Wildman–Crippen MR) is 84.9 cm³/mol. The van der Waals surface area contributed by atoms with Crippen LogP contribution in [0.1, 0.15) is 43.7 Å². The van der Waals surface area contributed by atoms with Crippen molar-refractivity contribution in [2.75, 3.05) is 6.54 Å². The molecule has 0 aliphatic heterocycles. The third-order valence-corrected chi connectivity index (χ3v) is 4.21. The Morgan fingerprint density at radius 3 is 2.45 bits per heavy atom. The normalized spacial score (nSPS) is 16.6. The third-order valence-electron chi connectivity index (χ3n) is 4.21. The molecule has 0 bridgehead atoms. The van der Waals surface area contributed by atoms with Gasteiger partial charge in [-0.2, -0.15) is 0 Å². The summed E-state index contributed by atoms with van der Waals surface area (Å²) in [4.78, 5) is 14.5. The van der Waals surface area contributed by atoms with Crippen LogP contribution in [0.15, 0.2) is 24.3 Å². The molecule has 2 N–H and O–H groups in total. The molecule has 1 fully saturated rings. The average Bonchev–Trinajstić information content (AvgIpc) is 2.85. The highest BCUT2D eigenvalue weighted by Gasteiger charge is 2.39. The minimum atomic E-state index is -0.612. The zero-order valence-corrected chi connectivity index (χ0v) is 13.2. The van der Waals surface area contributed by atoms with E-state index in [1.807, 2.05) is 24.0 Å². The smallest absolute Gasteiger partial charge is 0.242 e. The highest BCUT2D eigenvalue weighted by Crippen LogP contribution is 2.29. The van der Waals surface area contributed by atoms with Crippen molar-refractivity contribution in [2.24, 2.45) is 5.73 Å². The van der Waals surface area contributed by atoms with Crippen molar-refractivity contribution >= 4 is 18.3 Å². The van der Waals surface area contributed by atoms with E-state index in [2.05, 4.69) is 19.1 Å². The van der Waals surface area contributed by atoms with Gasteiger partial charge in [-0.3, -0.25) is 4.79 Å². The summed E-state index contributed by atoms with van der Waals surface area (Å²) in [6, 6.07) is 8.22. The van der Waals surface area contributed by atoms with Crippen LogP contribution in [-0.2, 0) is 11.3 Å². The van der Waals surface area contributed by atoms with Gasteiger partial charge in [0.05, 0.1) is 5.54 Å². The fourth-order valence-electron chi connectivity index (χ4n) is 2.85. The first kappa shape index (κ1) is 17.0. The van der Waals surface area contributed by atoms with Gasteiger partial charge in [0, 0.05) is 13.1 Å². The van der Waals surface area contributed by atoms with Gasteiger partial charge in [0.25, 0.3) is 0 Å². The number of likely N-dealkylation sites (N-methyl/N-ethyl adjacent to an activating group) is 1. The number of nitrogens with two attached hydrogens (primary N) is 1. The SMILES string of the molecule is CCN(Cc1ccccc1C)C(=O)C1(N)CCCC1.Cl. The van der Waals surface area contributed by atoms with E-state index in [4.69, 9.17) is 5.73 Å². The molecule has 1 amide bonds. The van der Waals surface area contributed by atoms with Gasteiger partial charge < -0.3 is 10.6 Å². The molecule has 2 rings (SSSR count). The second-order valence-electron chi connectivity index (χ2n) is 5.61. The Bertz CT molecular complexity index is 456. The second kappa shape index (κ2) is 7.09. The minimum Gasteiger partial charge on any atom is -0.337 e. The molecule has 20 heavy (non-hydrogen) atoms. The van der Waals surface area contributed by atoms with Gasteiger partial charge in [-0.25, -0.2) is 0 Å². The van der Waals surface area contributed by atoms with E-state index in [1.165, 1.54) is 11.1 Å². The lowest BCUT2D eigenvalue weighted by Crippen LogP contribution is -2.53. The number of amides is 1. The fourth-order valence-corrected chi connectivity index (χ4v) is 2.85. The van der Waals surface area contributed by atoms with Crippen LogP contribution < -0.4 is 5.73 Å². The van der Waals surface area contributed by atoms with Gasteiger partial charge in [0.15, 0.2) is 0 Å². The number of hydrogen-bond acceptors (Lipinski definition) is 2. The maximum atomic E-state index is 12.6. The largest absolute Gasteiger partial charge is 0.337 e. The Balaban J connectivity index is 0.00000200. The van der Waals surface area contributed by atoms with Gasteiger partial charge in [0.1, 0.15) is 0 Å². The number of nitrogens with zero attached hydrogens (tertiary/aromatic N) is 1. The number of halogens is 1. The lowest BCUT2D eigenvalue weighted by molar-refractivity contribution is -0.137. The van der Waals surface area contributed by atoms with Gasteiger partial charge in [-0.15, -0.1) is 12.4 Å². The molecular weight excluding hydrogens is 272 g/mol. The molecule has 1 aromatic carbocycles. The lowest BCUT2D eigenvalue weighted by atomic mass is 9.96. The van der Waals surface area contributed by atoms with Crippen molar-refractivity contribution in [1.29, 1.82) is 0 Å². The Morgan fingerprint density at radius 1 is 1.30 bits per heavy atom. The molecule has 1 aromatic rings. The predicted octanol–water partition coefficient (Wildman–Crippen LogP) is 3.04. The van der Waals surface area contributed by atoms with E-state index >= 15 is 0 Å². The topological polar surface area (TPSA) is 46.3 Å². The molecule has 0 aromatic heterocycles. The molecule has 0 unspecified atom stereocenters. The van der Waals surface area contributed by atoms with Crippen molar-refractivity contribution in [2.45, 2.75) is 51.6 Å². The molecule has 0 atom stereocenters. The molecule has 0 spiro atoms. The highest BCUT2D eigenvalue weighted by atomic mass is 35.5. The van der Waals surface area contributed by atoms with Crippen LogP contribution in [0.4, 0.5) is 0 Å². The van der Waals surface area contributed by atoms with Crippen molar-refractivity contribution in [3.63, 3.8) is 0 Å². The first-order valence-corrected chi connectivity index (χ1v) is 7.19. The van der Waals surface area contributed by atoms with Crippen molar-refractivity contribution in [3.05, 3.63) is 35.4 Å². The summed E-state index contributed by atoms with van der Waals surface area (Å²) < 4.78 is 0. The van der Waals surface area contributed by atoms with E-state index in [0.717, 1.165) is 25.7 Å². The second-order valence-corrected chi connectivity index (χ2v) is 5.61. The summed E-state index contributed by atoms with van der Waals surface area (Å²) in [6.07, 6.45) is 3.81. The molecule has 0 heterocycles. The number of aryl methyl sites for hydroxylation is 1. The lowest BCUT2D eigenvalue weighted by Gasteiger charge is -2.31. The summed E-state index contributed by atoms with van der Waals surface area (Å²) >= 11 is 0. The maximum Gasteiger partial charge on any atom is 0.242 e. The number of hydrogen-bond donors (Lipinski definition) is 1. The minimum absolute atomic E-state index is 0. The number of rotatable bonds is 4. The van der Waals surface area contributed by atoms with Crippen LogP contribution in [0.2, 0.25) is 0 Å². The third kappa shape index (κ3) is 3.53. The zero-order chi connectivity index (χ0) is 13.9. The number of benzene rings is 1. The monoisotopic (exact) mass is 296 g/mol. The Labute approximate surface area is 127 Å². The van der Waals surface area contributed by atoms with Crippen molar-refractivity contribution in [3.8, 4) is 0 Å². The molecule has 1 aliphatic carbocycles. The summed E-state index contributed by atoms with van der Waals surface area (Å²) in [5, 5.41) is 0. The van der Waals surface area contributed by atoms with Gasteiger partial charge >= 0.3 is 0 Å². The summed E-state index contributed by atoms with van der Waals surface area (Å²) in [6.45, 7) is 5.49. The van der Waals surface area contributed by atoms with E-state index in [0.29, 0.717) is 13.1 Å². The van der Waals surface area contributed by atoms with Crippen LogP contribution in [0, 0.1) is 6.92 Å². The Hall–Kier alpha value is -1.06. The fraction of sp³-hybridized carbons (Fsp3) is 0.562. The summed E-state index contributed by atoms with van der Waals surface area (Å²) in [5.74, 6) is 0.121. The van der Waals surface area contributed by atoms with Crippen LogP contribution in [0.3, 0.4) is 0 Å². The number of carbonyl (C=O) groups excluding carboxylic acids is 1. The van der Waals surface area contributed by atoms with E-state index in [9.17, 15) is 4.79 Å². The molecule has 112 valence electrons. The molecule has 1 aliphatic rings. The van der Waals surface area contributed by atoms with E-state index < -0.39 is 5.54 Å². The average molecular weight is 297 g/mol. The van der Waals surface area contributed by atoms with Crippen LogP contribution in [0.5, 0.6) is 0 Å². The molecule has 0 radical (unpaired) electrons. The summed E-state index contributed by atoms with van der Waals surface area (Å²) in [5.41, 5.74) is 8.10. The van der Waals surface area contributed by atoms with Gasteiger partial charge in [-0.1, -0.05) is 37.1 Å². The molecule has 3 nitrogen and oxygen atoms in total. The van der Waals surface area contributed by atoms with Crippen molar-refractivity contribution < 1.29 is 4.79 Å². The van der Waals surface area contributed by atoms with Crippen LogP contribution in [0.25, 0.3) is 0 Å². The van der Waals surface area contributed by atoms with E-state index in [1.54, 1.807) is 0 Å². The van der Waals surface area contributed by atoms with Crippen LogP contribution in [-0.4, -0.2) is 22.9 Å². The van der Waals surface area contributed by atoms with Crippen molar-refractivity contribution in [1.82, 2.24) is 4.90 Å². The highest BCUT2D eigenvalue weighted by molar-refractivity contribution is 5.86.